The molecule has 0 aromatic heterocycles. The number of carbonyl (C=O) groups excluding carboxylic acids is 1. The number of hydrogen-bond donors (Lipinski definition) is 1. The summed E-state index contributed by atoms with van der Waals surface area (Å²) < 4.78 is 4.58. The standard InChI is InChI=1S/C14H17ClN2O4/c1-21-14(18)9-7-11(15)13(12(8-9)17(19)20)16-10-5-3-2-4-6-10/h7-8,10,16H,2-6H2,1H3. The Balaban J connectivity index is 2.34. The molecule has 0 amide bonds. The first kappa shape index (κ1) is 15.6. The number of halogens is 1. The predicted octanol–water partition coefficient (Wildman–Crippen LogP) is 3.78. The van der Waals surface area contributed by atoms with Gasteiger partial charge in [-0.1, -0.05) is 30.9 Å². The summed E-state index contributed by atoms with van der Waals surface area (Å²) in [6.45, 7) is 0. The zero-order valence-corrected chi connectivity index (χ0v) is 12.5. The Morgan fingerprint density at radius 3 is 2.62 bits per heavy atom. The lowest BCUT2D eigenvalue weighted by Crippen LogP contribution is -2.23. The number of rotatable bonds is 4. The van der Waals surface area contributed by atoms with Gasteiger partial charge in [0.05, 0.1) is 22.6 Å². The number of nitro groups is 1. The van der Waals surface area contributed by atoms with Crippen LogP contribution in [0.2, 0.25) is 5.02 Å². The third-order valence-corrected chi connectivity index (χ3v) is 3.94. The number of benzene rings is 1. The molecule has 6 nitrogen and oxygen atoms in total. The monoisotopic (exact) mass is 312 g/mol. The summed E-state index contributed by atoms with van der Waals surface area (Å²) in [5, 5.41) is 14.6. The summed E-state index contributed by atoms with van der Waals surface area (Å²) in [6.07, 6.45) is 5.32. The highest BCUT2D eigenvalue weighted by molar-refractivity contribution is 6.34. The summed E-state index contributed by atoms with van der Waals surface area (Å²) in [7, 11) is 1.22. The third kappa shape index (κ3) is 3.64. The van der Waals surface area contributed by atoms with Gasteiger partial charge in [-0.25, -0.2) is 4.79 Å². The Kier molecular flexibility index (Phi) is 5.01. The molecule has 1 aromatic carbocycles. The molecule has 0 spiro atoms. The average molecular weight is 313 g/mol. The molecule has 0 radical (unpaired) electrons. The van der Waals surface area contributed by atoms with Crippen molar-refractivity contribution in [3.05, 3.63) is 32.8 Å². The smallest absolute Gasteiger partial charge is 0.338 e. The lowest BCUT2D eigenvalue weighted by molar-refractivity contribution is -0.384. The van der Waals surface area contributed by atoms with Gasteiger partial charge in [0.25, 0.3) is 5.69 Å². The van der Waals surface area contributed by atoms with Crippen LogP contribution in [0.1, 0.15) is 42.5 Å². The Hall–Kier alpha value is -1.82. The van der Waals surface area contributed by atoms with Crippen molar-refractivity contribution >= 4 is 28.9 Å². The second kappa shape index (κ2) is 6.76. The first-order chi connectivity index (χ1) is 10.0. The van der Waals surface area contributed by atoms with E-state index in [9.17, 15) is 14.9 Å². The molecule has 1 aliphatic carbocycles. The molecular weight excluding hydrogens is 296 g/mol. The number of methoxy groups -OCH3 is 1. The fourth-order valence-electron chi connectivity index (χ4n) is 2.57. The summed E-state index contributed by atoms with van der Waals surface area (Å²) in [5.74, 6) is -0.649. The van der Waals surface area contributed by atoms with Crippen molar-refractivity contribution in [2.24, 2.45) is 0 Å². The van der Waals surface area contributed by atoms with Gasteiger partial charge >= 0.3 is 5.97 Å². The Morgan fingerprint density at radius 2 is 2.05 bits per heavy atom. The van der Waals surface area contributed by atoms with Gasteiger partial charge in [0.15, 0.2) is 0 Å². The molecule has 1 aliphatic rings. The maximum Gasteiger partial charge on any atom is 0.338 e. The minimum absolute atomic E-state index is 0.0726. The highest BCUT2D eigenvalue weighted by atomic mass is 35.5. The number of nitrogens with zero attached hydrogens (tertiary/aromatic N) is 1. The zero-order valence-electron chi connectivity index (χ0n) is 11.7. The van der Waals surface area contributed by atoms with Crippen LogP contribution in [0.4, 0.5) is 11.4 Å². The van der Waals surface area contributed by atoms with Gasteiger partial charge in [-0.3, -0.25) is 10.1 Å². The van der Waals surface area contributed by atoms with Crippen molar-refractivity contribution in [3.8, 4) is 0 Å². The Morgan fingerprint density at radius 1 is 1.38 bits per heavy atom. The van der Waals surface area contributed by atoms with Crippen molar-refractivity contribution in [1.29, 1.82) is 0 Å². The van der Waals surface area contributed by atoms with Crippen molar-refractivity contribution in [2.75, 3.05) is 12.4 Å². The fraction of sp³-hybridized carbons (Fsp3) is 0.500. The topological polar surface area (TPSA) is 81.5 Å². The maximum absolute atomic E-state index is 11.5. The van der Waals surface area contributed by atoms with E-state index in [1.807, 2.05) is 0 Å². The number of anilines is 1. The minimum atomic E-state index is -0.649. The largest absolute Gasteiger partial charge is 0.465 e. The van der Waals surface area contributed by atoms with Crippen molar-refractivity contribution in [3.63, 3.8) is 0 Å². The van der Waals surface area contributed by atoms with Crippen LogP contribution >= 0.6 is 11.6 Å². The van der Waals surface area contributed by atoms with E-state index in [0.717, 1.165) is 25.7 Å². The van der Waals surface area contributed by atoms with E-state index in [-0.39, 0.29) is 28.0 Å². The summed E-state index contributed by atoms with van der Waals surface area (Å²) >= 11 is 6.12. The van der Waals surface area contributed by atoms with Crippen LogP contribution in [-0.4, -0.2) is 24.0 Å². The van der Waals surface area contributed by atoms with Gasteiger partial charge in [0, 0.05) is 12.1 Å². The summed E-state index contributed by atoms with van der Waals surface area (Å²) in [4.78, 5) is 22.2. The molecule has 7 heteroatoms. The van der Waals surface area contributed by atoms with E-state index in [1.54, 1.807) is 0 Å². The molecule has 0 bridgehead atoms. The molecule has 21 heavy (non-hydrogen) atoms. The second-order valence-electron chi connectivity index (χ2n) is 5.08. The van der Waals surface area contributed by atoms with E-state index in [2.05, 4.69) is 10.1 Å². The van der Waals surface area contributed by atoms with Crippen molar-refractivity contribution in [2.45, 2.75) is 38.1 Å². The van der Waals surface area contributed by atoms with Gasteiger partial charge in [0.1, 0.15) is 5.69 Å². The molecule has 0 aliphatic heterocycles. The molecule has 1 aromatic rings. The zero-order chi connectivity index (χ0) is 15.4. The molecule has 0 atom stereocenters. The van der Waals surface area contributed by atoms with Gasteiger partial charge in [-0.05, 0) is 18.9 Å². The fourth-order valence-corrected chi connectivity index (χ4v) is 2.83. The number of nitrogens with one attached hydrogen (secondary N) is 1. The number of carbonyl (C=O) groups is 1. The van der Waals surface area contributed by atoms with Gasteiger partial charge in [-0.2, -0.15) is 0 Å². The Bertz CT molecular complexity index is 556. The van der Waals surface area contributed by atoms with E-state index in [4.69, 9.17) is 11.6 Å². The maximum atomic E-state index is 11.5. The van der Waals surface area contributed by atoms with E-state index in [0.29, 0.717) is 0 Å². The van der Waals surface area contributed by atoms with Crippen molar-refractivity contribution < 1.29 is 14.5 Å². The molecule has 1 N–H and O–H groups in total. The van der Waals surface area contributed by atoms with Crippen LogP contribution < -0.4 is 5.32 Å². The average Bonchev–Trinajstić information content (AvgIpc) is 2.49. The number of nitro benzene ring substituents is 1. The van der Waals surface area contributed by atoms with Gasteiger partial charge in [0.2, 0.25) is 0 Å². The first-order valence-corrected chi connectivity index (χ1v) is 7.23. The van der Waals surface area contributed by atoms with Crippen LogP contribution in [-0.2, 0) is 4.74 Å². The number of ether oxygens (including phenoxy) is 1. The molecule has 0 heterocycles. The van der Waals surface area contributed by atoms with E-state index >= 15 is 0 Å². The van der Waals surface area contributed by atoms with E-state index in [1.165, 1.54) is 25.7 Å². The SMILES string of the molecule is COC(=O)c1cc(Cl)c(NC2CCCCC2)c([N+](=O)[O-])c1. The Labute approximate surface area is 127 Å². The summed E-state index contributed by atoms with van der Waals surface area (Å²) in [6, 6.07) is 2.77. The third-order valence-electron chi connectivity index (χ3n) is 3.64. The molecular formula is C14H17ClN2O4. The van der Waals surface area contributed by atoms with Gasteiger partial charge < -0.3 is 10.1 Å². The summed E-state index contributed by atoms with van der Waals surface area (Å²) in [5.41, 5.74) is 0.151. The molecule has 1 fully saturated rings. The van der Waals surface area contributed by atoms with Crippen LogP contribution in [0.5, 0.6) is 0 Å². The normalized spacial score (nSPS) is 15.5. The van der Waals surface area contributed by atoms with Crippen LogP contribution in [0.15, 0.2) is 12.1 Å². The molecule has 0 saturated heterocycles. The number of esters is 1. The number of hydrogen-bond acceptors (Lipinski definition) is 5. The second-order valence-corrected chi connectivity index (χ2v) is 5.49. The van der Waals surface area contributed by atoms with Crippen LogP contribution in [0.25, 0.3) is 0 Å². The van der Waals surface area contributed by atoms with Gasteiger partial charge in [-0.15, -0.1) is 0 Å². The molecule has 114 valence electrons. The lowest BCUT2D eigenvalue weighted by atomic mass is 9.95. The highest BCUT2D eigenvalue weighted by Crippen LogP contribution is 2.36. The molecule has 2 rings (SSSR count). The highest BCUT2D eigenvalue weighted by Gasteiger charge is 2.24. The van der Waals surface area contributed by atoms with Crippen molar-refractivity contribution in [1.82, 2.24) is 0 Å². The lowest BCUT2D eigenvalue weighted by Gasteiger charge is -2.24. The van der Waals surface area contributed by atoms with Crippen LogP contribution in [0.3, 0.4) is 0 Å². The van der Waals surface area contributed by atoms with Crippen LogP contribution in [0, 0.1) is 10.1 Å². The first-order valence-electron chi connectivity index (χ1n) is 6.85. The van der Waals surface area contributed by atoms with E-state index < -0.39 is 10.9 Å². The quantitative estimate of drug-likeness (QED) is 0.520. The molecule has 0 unspecified atom stereocenters. The predicted molar refractivity (Wildman–Crippen MR) is 79.9 cm³/mol. The molecule has 1 saturated carbocycles. The minimum Gasteiger partial charge on any atom is -0.465 e.